The third-order valence-electron chi connectivity index (χ3n) is 2.89. The number of hydrogen-bond donors (Lipinski definition) is 0. The maximum absolute atomic E-state index is 11.2. The highest BCUT2D eigenvalue weighted by molar-refractivity contribution is 7.17. The lowest BCUT2D eigenvalue weighted by Gasteiger charge is -2.17. The summed E-state index contributed by atoms with van der Waals surface area (Å²) in [5.74, 6) is 0. The SMILES string of the molecule is CN(c1ccccc1)c1nc(C(C)(C)C)c(C=O)s1. The smallest absolute Gasteiger partial charge is 0.190 e. The van der Waals surface area contributed by atoms with Gasteiger partial charge in [0.25, 0.3) is 0 Å². The fraction of sp³-hybridized carbons (Fsp3) is 0.333. The second kappa shape index (κ2) is 5.13. The minimum Gasteiger partial charge on any atom is -0.321 e. The number of anilines is 2. The Labute approximate surface area is 117 Å². The van der Waals surface area contributed by atoms with E-state index in [1.807, 2.05) is 42.3 Å². The van der Waals surface area contributed by atoms with E-state index in [1.54, 1.807) is 0 Å². The van der Waals surface area contributed by atoms with Gasteiger partial charge in [0.05, 0.1) is 10.6 Å². The average Bonchev–Trinajstić information content (AvgIpc) is 2.83. The molecule has 19 heavy (non-hydrogen) atoms. The summed E-state index contributed by atoms with van der Waals surface area (Å²) >= 11 is 1.44. The molecule has 1 aromatic carbocycles. The highest BCUT2D eigenvalue weighted by Crippen LogP contribution is 2.34. The van der Waals surface area contributed by atoms with Crippen LogP contribution in [0.25, 0.3) is 0 Å². The summed E-state index contributed by atoms with van der Waals surface area (Å²) in [7, 11) is 1.97. The first kappa shape index (κ1) is 13.7. The van der Waals surface area contributed by atoms with E-state index < -0.39 is 0 Å². The molecule has 0 atom stereocenters. The number of para-hydroxylation sites is 1. The molecule has 0 aliphatic carbocycles. The molecule has 0 bridgehead atoms. The highest BCUT2D eigenvalue weighted by Gasteiger charge is 2.24. The van der Waals surface area contributed by atoms with Gasteiger partial charge in [-0.25, -0.2) is 4.98 Å². The first-order valence-electron chi connectivity index (χ1n) is 6.18. The maximum atomic E-state index is 11.2. The van der Waals surface area contributed by atoms with Gasteiger partial charge in [0.15, 0.2) is 11.4 Å². The van der Waals surface area contributed by atoms with E-state index in [-0.39, 0.29) is 5.41 Å². The van der Waals surface area contributed by atoms with Crippen molar-refractivity contribution in [1.82, 2.24) is 4.98 Å². The Balaban J connectivity index is 2.42. The van der Waals surface area contributed by atoms with Crippen molar-refractivity contribution < 1.29 is 4.79 Å². The van der Waals surface area contributed by atoms with Crippen LogP contribution in [0.1, 0.15) is 36.1 Å². The molecule has 3 nitrogen and oxygen atoms in total. The van der Waals surface area contributed by atoms with E-state index in [0.29, 0.717) is 4.88 Å². The minimum absolute atomic E-state index is 0.122. The van der Waals surface area contributed by atoms with E-state index >= 15 is 0 Å². The third kappa shape index (κ3) is 2.84. The first-order valence-corrected chi connectivity index (χ1v) is 7.00. The number of aromatic nitrogens is 1. The standard InChI is InChI=1S/C15H18N2OS/c1-15(2,3)13-12(10-18)19-14(16-13)17(4)11-8-6-5-7-9-11/h5-10H,1-4H3. The van der Waals surface area contributed by atoms with Gasteiger partial charge in [-0.05, 0) is 12.1 Å². The number of thiazole rings is 1. The third-order valence-corrected chi connectivity index (χ3v) is 3.95. The van der Waals surface area contributed by atoms with E-state index in [1.165, 1.54) is 11.3 Å². The van der Waals surface area contributed by atoms with Crippen LogP contribution in [-0.4, -0.2) is 18.3 Å². The molecule has 0 fully saturated rings. The molecule has 1 aromatic heterocycles. The minimum atomic E-state index is -0.122. The summed E-state index contributed by atoms with van der Waals surface area (Å²) in [6.45, 7) is 6.21. The van der Waals surface area contributed by atoms with Gasteiger partial charge in [0, 0.05) is 18.2 Å². The fourth-order valence-corrected chi connectivity index (χ4v) is 2.92. The summed E-state index contributed by atoms with van der Waals surface area (Å²) < 4.78 is 0. The summed E-state index contributed by atoms with van der Waals surface area (Å²) in [6, 6.07) is 10.0. The quantitative estimate of drug-likeness (QED) is 0.793. The zero-order valence-corrected chi connectivity index (χ0v) is 12.5. The maximum Gasteiger partial charge on any atom is 0.190 e. The van der Waals surface area contributed by atoms with Gasteiger partial charge in [-0.3, -0.25) is 4.79 Å². The van der Waals surface area contributed by atoms with Crippen molar-refractivity contribution in [3.05, 3.63) is 40.9 Å². The molecule has 4 heteroatoms. The largest absolute Gasteiger partial charge is 0.321 e. The van der Waals surface area contributed by atoms with Crippen LogP contribution in [0.4, 0.5) is 10.8 Å². The Morgan fingerprint density at radius 2 is 1.84 bits per heavy atom. The Morgan fingerprint density at radius 3 is 2.32 bits per heavy atom. The molecule has 2 aromatic rings. The second-order valence-corrected chi connectivity index (χ2v) is 6.48. The van der Waals surface area contributed by atoms with Crippen LogP contribution in [0.2, 0.25) is 0 Å². The van der Waals surface area contributed by atoms with Crippen molar-refractivity contribution >= 4 is 28.4 Å². The first-order chi connectivity index (χ1) is 8.93. The number of aldehydes is 1. The van der Waals surface area contributed by atoms with Gasteiger partial charge >= 0.3 is 0 Å². The van der Waals surface area contributed by atoms with Crippen LogP contribution >= 0.6 is 11.3 Å². The molecule has 0 amide bonds. The fourth-order valence-electron chi connectivity index (χ4n) is 1.84. The summed E-state index contributed by atoms with van der Waals surface area (Å²) in [6.07, 6.45) is 0.903. The molecule has 0 saturated carbocycles. The Hall–Kier alpha value is -1.68. The molecule has 0 aliphatic rings. The summed E-state index contributed by atoms with van der Waals surface area (Å²) in [5.41, 5.74) is 1.81. The average molecular weight is 274 g/mol. The number of rotatable bonds is 3. The highest BCUT2D eigenvalue weighted by atomic mass is 32.1. The summed E-state index contributed by atoms with van der Waals surface area (Å²) in [5, 5.41) is 0.846. The van der Waals surface area contributed by atoms with Gasteiger partial charge in [-0.15, -0.1) is 0 Å². The van der Waals surface area contributed by atoms with Gasteiger partial charge < -0.3 is 4.90 Å². The topological polar surface area (TPSA) is 33.2 Å². The monoisotopic (exact) mass is 274 g/mol. The molecule has 100 valence electrons. The van der Waals surface area contributed by atoms with Crippen molar-refractivity contribution in [1.29, 1.82) is 0 Å². The van der Waals surface area contributed by atoms with Crippen LogP contribution in [-0.2, 0) is 5.41 Å². The van der Waals surface area contributed by atoms with E-state index in [4.69, 9.17) is 0 Å². The zero-order chi connectivity index (χ0) is 14.0. The van der Waals surface area contributed by atoms with Crippen LogP contribution in [0.3, 0.4) is 0 Å². The van der Waals surface area contributed by atoms with Gasteiger partial charge in [-0.1, -0.05) is 50.3 Å². The molecule has 2 rings (SSSR count). The number of carbonyl (C=O) groups is 1. The van der Waals surface area contributed by atoms with Gasteiger partial charge in [0.2, 0.25) is 0 Å². The lowest BCUT2D eigenvalue weighted by Crippen LogP contribution is -2.15. The van der Waals surface area contributed by atoms with E-state index in [0.717, 1.165) is 22.8 Å². The molecule has 0 N–H and O–H groups in total. The molecule has 0 unspecified atom stereocenters. The normalized spacial score (nSPS) is 11.4. The van der Waals surface area contributed by atoms with Crippen molar-refractivity contribution in [3.8, 4) is 0 Å². The number of hydrogen-bond acceptors (Lipinski definition) is 4. The number of benzene rings is 1. The predicted molar refractivity (Wildman–Crippen MR) is 80.7 cm³/mol. The Morgan fingerprint density at radius 1 is 1.21 bits per heavy atom. The van der Waals surface area contributed by atoms with Crippen LogP contribution in [0.5, 0.6) is 0 Å². The van der Waals surface area contributed by atoms with Crippen molar-refractivity contribution in [3.63, 3.8) is 0 Å². The lowest BCUT2D eigenvalue weighted by atomic mass is 9.91. The van der Waals surface area contributed by atoms with Crippen molar-refractivity contribution in [2.24, 2.45) is 0 Å². The molecule has 0 spiro atoms. The number of carbonyl (C=O) groups excluding carboxylic acids is 1. The van der Waals surface area contributed by atoms with Crippen molar-refractivity contribution in [2.45, 2.75) is 26.2 Å². The van der Waals surface area contributed by atoms with Crippen LogP contribution < -0.4 is 4.90 Å². The van der Waals surface area contributed by atoms with Crippen LogP contribution in [0, 0.1) is 0 Å². The second-order valence-electron chi connectivity index (χ2n) is 5.47. The summed E-state index contributed by atoms with van der Waals surface area (Å²) in [4.78, 5) is 18.6. The van der Waals surface area contributed by atoms with Gasteiger partial charge in [0.1, 0.15) is 0 Å². The van der Waals surface area contributed by atoms with E-state index in [9.17, 15) is 4.79 Å². The molecule has 1 heterocycles. The molecule has 0 saturated heterocycles. The van der Waals surface area contributed by atoms with E-state index in [2.05, 4.69) is 25.8 Å². The van der Waals surface area contributed by atoms with Gasteiger partial charge in [-0.2, -0.15) is 0 Å². The molecule has 0 aliphatic heterocycles. The Bertz CT molecular complexity index is 570. The zero-order valence-electron chi connectivity index (χ0n) is 11.7. The molecular formula is C15H18N2OS. The lowest BCUT2D eigenvalue weighted by molar-refractivity contribution is 0.112. The van der Waals surface area contributed by atoms with Crippen LogP contribution in [0.15, 0.2) is 30.3 Å². The molecular weight excluding hydrogens is 256 g/mol. The Kier molecular flexibility index (Phi) is 3.71. The molecule has 0 radical (unpaired) electrons. The van der Waals surface area contributed by atoms with Crippen molar-refractivity contribution in [2.75, 3.05) is 11.9 Å². The predicted octanol–water partition coefficient (Wildman–Crippen LogP) is 4.02. The number of nitrogens with zero attached hydrogens (tertiary/aromatic N) is 2.